The van der Waals surface area contributed by atoms with Crippen LogP contribution in [0.5, 0.6) is 0 Å². The summed E-state index contributed by atoms with van der Waals surface area (Å²) >= 11 is 3.32. The number of anilines is 1. The zero-order chi connectivity index (χ0) is 18.2. The minimum atomic E-state index is -3.43. The van der Waals surface area contributed by atoms with Crippen LogP contribution in [-0.2, 0) is 14.6 Å². The highest BCUT2D eigenvalue weighted by molar-refractivity contribution is 9.10. The maximum atomic E-state index is 14.7. The van der Waals surface area contributed by atoms with Gasteiger partial charge in [-0.3, -0.25) is 4.79 Å². The molecule has 2 aromatic rings. The lowest BCUT2D eigenvalue weighted by molar-refractivity contribution is -0.118. The normalized spacial score (nSPS) is 18.4. The number of carbonyl (C=O) groups excluding carboxylic acids is 1. The van der Waals surface area contributed by atoms with Crippen LogP contribution in [0.1, 0.15) is 12.8 Å². The summed E-state index contributed by atoms with van der Waals surface area (Å²) in [5.41, 5.74) is 1.12. The van der Waals surface area contributed by atoms with E-state index in [0.717, 1.165) is 19.1 Å². The molecule has 1 fully saturated rings. The Bertz CT molecular complexity index is 930. The average Bonchev–Trinajstić information content (AvgIpc) is 2.57. The van der Waals surface area contributed by atoms with Crippen molar-refractivity contribution in [3.05, 3.63) is 48.3 Å². The third-order valence-electron chi connectivity index (χ3n) is 4.21. The molecule has 0 N–H and O–H groups in total. The van der Waals surface area contributed by atoms with E-state index >= 15 is 0 Å². The van der Waals surface area contributed by atoms with Gasteiger partial charge in [-0.05, 0) is 36.6 Å². The molecule has 1 saturated heterocycles. The number of benzene rings is 2. The van der Waals surface area contributed by atoms with Crippen molar-refractivity contribution < 1.29 is 17.6 Å². The topological polar surface area (TPSA) is 54.5 Å². The molecule has 0 aliphatic carbocycles. The first-order valence-electron chi connectivity index (χ1n) is 7.83. The lowest BCUT2D eigenvalue weighted by Gasteiger charge is -2.30. The van der Waals surface area contributed by atoms with Gasteiger partial charge in [0.1, 0.15) is 5.82 Å². The number of hydrogen-bond donors (Lipinski definition) is 0. The Labute approximate surface area is 154 Å². The second-order valence-corrected chi connectivity index (χ2v) is 9.12. The predicted molar refractivity (Wildman–Crippen MR) is 99.2 cm³/mol. The van der Waals surface area contributed by atoms with Gasteiger partial charge in [0.05, 0.1) is 15.4 Å². The number of alkyl halides is 1. The largest absolute Gasteiger partial charge is 0.309 e. The van der Waals surface area contributed by atoms with E-state index in [9.17, 15) is 17.6 Å². The van der Waals surface area contributed by atoms with E-state index in [2.05, 4.69) is 15.9 Å². The van der Waals surface area contributed by atoms with Crippen LogP contribution in [0.15, 0.2) is 47.4 Å². The molecule has 0 bridgehead atoms. The molecule has 3 rings (SSSR count). The Morgan fingerprint density at radius 3 is 2.60 bits per heavy atom. The Morgan fingerprint density at radius 2 is 1.92 bits per heavy atom. The van der Waals surface area contributed by atoms with Crippen LogP contribution < -0.4 is 4.90 Å². The molecule has 1 aliphatic heterocycles. The van der Waals surface area contributed by atoms with Crippen LogP contribution in [-0.4, -0.2) is 32.0 Å². The number of nitrogens with zero attached hydrogens (tertiary/aromatic N) is 1. The minimum absolute atomic E-state index is 0.150. The van der Waals surface area contributed by atoms with E-state index in [0.29, 0.717) is 17.7 Å². The standard InChI is InChI=1S/C18H17BrFNO3S/c1-25(23,24)17-7-3-2-5-13(17)12-8-9-16(15(20)11-12)21-10-4-6-14(19)18(21)22/h2-3,5,7-9,11,14H,4,6,10H2,1H3. The van der Waals surface area contributed by atoms with Gasteiger partial charge in [0.25, 0.3) is 0 Å². The zero-order valence-electron chi connectivity index (χ0n) is 13.6. The van der Waals surface area contributed by atoms with Crippen LogP contribution >= 0.6 is 15.9 Å². The number of sulfone groups is 1. The van der Waals surface area contributed by atoms with E-state index in [4.69, 9.17) is 0 Å². The summed E-state index contributed by atoms with van der Waals surface area (Å²) in [7, 11) is -3.43. The summed E-state index contributed by atoms with van der Waals surface area (Å²) in [5, 5.41) is 0. The molecule has 0 saturated carbocycles. The Kier molecular flexibility index (Phi) is 4.97. The maximum Gasteiger partial charge on any atom is 0.240 e. The Morgan fingerprint density at radius 1 is 1.20 bits per heavy atom. The lowest BCUT2D eigenvalue weighted by Crippen LogP contribution is -2.42. The number of amides is 1. The van der Waals surface area contributed by atoms with Crippen molar-refractivity contribution in [1.29, 1.82) is 0 Å². The lowest BCUT2D eigenvalue weighted by atomic mass is 10.0. The van der Waals surface area contributed by atoms with E-state index in [1.807, 2.05) is 0 Å². The number of halogens is 2. The van der Waals surface area contributed by atoms with Gasteiger partial charge in [0.15, 0.2) is 9.84 Å². The Hall–Kier alpha value is -1.73. The number of rotatable bonds is 3. The molecular weight excluding hydrogens is 409 g/mol. The number of carbonyl (C=O) groups is 1. The SMILES string of the molecule is CS(=O)(=O)c1ccccc1-c1ccc(N2CCCC(Br)C2=O)c(F)c1. The van der Waals surface area contributed by atoms with Gasteiger partial charge in [0.2, 0.25) is 5.91 Å². The summed E-state index contributed by atoms with van der Waals surface area (Å²) < 4.78 is 38.6. The van der Waals surface area contributed by atoms with E-state index < -0.39 is 15.7 Å². The van der Waals surface area contributed by atoms with E-state index in [1.54, 1.807) is 24.3 Å². The molecular formula is C18H17BrFNO3S. The molecule has 0 aromatic heterocycles. The van der Waals surface area contributed by atoms with Gasteiger partial charge >= 0.3 is 0 Å². The highest BCUT2D eigenvalue weighted by atomic mass is 79.9. The molecule has 1 atom stereocenters. The summed E-state index contributed by atoms with van der Waals surface area (Å²) in [4.78, 5) is 13.5. The molecule has 1 unspecified atom stereocenters. The number of hydrogen-bond acceptors (Lipinski definition) is 3. The van der Waals surface area contributed by atoms with Crippen molar-refractivity contribution in [1.82, 2.24) is 0 Å². The molecule has 0 spiro atoms. The minimum Gasteiger partial charge on any atom is -0.309 e. The van der Waals surface area contributed by atoms with Gasteiger partial charge < -0.3 is 4.90 Å². The molecule has 1 heterocycles. The van der Waals surface area contributed by atoms with Crippen LogP contribution in [0, 0.1) is 5.82 Å². The molecule has 7 heteroatoms. The van der Waals surface area contributed by atoms with Crippen molar-refractivity contribution in [2.24, 2.45) is 0 Å². The first-order chi connectivity index (χ1) is 11.8. The quantitative estimate of drug-likeness (QED) is 0.702. The third-order valence-corrected chi connectivity index (χ3v) is 6.21. The van der Waals surface area contributed by atoms with Gasteiger partial charge in [-0.15, -0.1) is 0 Å². The number of piperidine rings is 1. The zero-order valence-corrected chi connectivity index (χ0v) is 16.0. The van der Waals surface area contributed by atoms with Crippen molar-refractivity contribution >= 4 is 37.4 Å². The summed E-state index contributed by atoms with van der Waals surface area (Å²) in [6.45, 7) is 0.469. The maximum absolute atomic E-state index is 14.7. The first-order valence-corrected chi connectivity index (χ1v) is 10.6. The highest BCUT2D eigenvalue weighted by Crippen LogP contribution is 2.32. The predicted octanol–water partition coefficient (Wildman–Crippen LogP) is 3.79. The summed E-state index contributed by atoms with van der Waals surface area (Å²) in [5.74, 6) is -0.704. The summed E-state index contributed by atoms with van der Waals surface area (Å²) in [6, 6.07) is 10.9. The van der Waals surface area contributed by atoms with Crippen molar-refractivity contribution in [2.75, 3.05) is 17.7 Å². The smallest absolute Gasteiger partial charge is 0.240 e. The molecule has 4 nitrogen and oxygen atoms in total. The average molecular weight is 426 g/mol. The second kappa shape index (κ2) is 6.88. The van der Waals surface area contributed by atoms with Crippen LogP contribution in [0.2, 0.25) is 0 Å². The molecule has 132 valence electrons. The van der Waals surface area contributed by atoms with Crippen LogP contribution in [0.4, 0.5) is 10.1 Å². The van der Waals surface area contributed by atoms with Gasteiger partial charge in [0, 0.05) is 18.4 Å². The van der Waals surface area contributed by atoms with E-state index in [1.165, 1.54) is 23.1 Å². The molecule has 2 aromatic carbocycles. The first kappa shape index (κ1) is 18.1. The fourth-order valence-corrected chi connectivity index (χ4v) is 4.47. The van der Waals surface area contributed by atoms with Crippen molar-refractivity contribution in [2.45, 2.75) is 22.6 Å². The molecule has 1 amide bonds. The summed E-state index contributed by atoms with van der Waals surface area (Å²) in [6.07, 6.45) is 2.65. The van der Waals surface area contributed by atoms with Crippen LogP contribution in [0.3, 0.4) is 0 Å². The fourth-order valence-electron chi connectivity index (χ4n) is 2.99. The third kappa shape index (κ3) is 3.62. The highest BCUT2D eigenvalue weighted by Gasteiger charge is 2.29. The van der Waals surface area contributed by atoms with Gasteiger partial charge in [-0.2, -0.15) is 0 Å². The fraction of sp³-hybridized carbons (Fsp3) is 0.278. The Balaban J connectivity index is 2.03. The van der Waals surface area contributed by atoms with Crippen molar-refractivity contribution in [3.63, 3.8) is 0 Å². The molecule has 25 heavy (non-hydrogen) atoms. The van der Waals surface area contributed by atoms with Gasteiger partial charge in [-0.25, -0.2) is 12.8 Å². The monoisotopic (exact) mass is 425 g/mol. The van der Waals surface area contributed by atoms with E-state index in [-0.39, 0.29) is 21.3 Å². The van der Waals surface area contributed by atoms with Gasteiger partial charge in [-0.1, -0.05) is 40.2 Å². The van der Waals surface area contributed by atoms with Crippen LogP contribution in [0.25, 0.3) is 11.1 Å². The van der Waals surface area contributed by atoms with Crippen molar-refractivity contribution in [3.8, 4) is 11.1 Å². The molecule has 0 radical (unpaired) electrons. The molecule has 1 aliphatic rings. The second-order valence-electron chi connectivity index (χ2n) is 6.03.